The molecule has 0 spiro atoms. The zero-order chi connectivity index (χ0) is 25.7. The van der Waals surface area contributed by atoms with E-state index in [1.807, 2.05) is 39.8 Å². The Labute approximate surface area is 210 Å². The molecule has 0 bridgehead atoms. The molecule has 1 aliphatic carbocycles. The van der Waals surface area contributed by atoms with Crippen LogP contribution in [0, 0.1) is 34.6 Å². The van der Waals surface area contributed by atoms with Crippen LogP contribution in [-0.2, 0) is 0 Å². The van der Waals surface area contributed by atoms with E-state index < -0.39 is 0 Å². The summed E-state index contributed by atoms with van der Waals surface area (Å²) in [5.74, 6) is -0.202. The summed E-state index contributed by atoms with van der Waals surface area (Å²) in [4.78, 5) is 27.6. The Morgan fingerprint density at radius 2 is 0.972 bits per heavy atom. The first-order valence-corrected chi connectivity index (χ1v) is 11.9. The molecule has 0 saturated heterocycles. The number of nitrogens with one attached hydrogen (secondary N) is 2. The molecule has 4 aromatic rings. The highest BCUT2D eigenvalue weighted by molar-refractivity contribution is 6.32. The molecule has 1 aliphatic rings. The molecule has 180 valence electrons. The second-order valence-electron chi connectivity index (χ2n) is 9.59. The van der Waals surface area contributed by atoms with Gasteiger partial charge in [-0.1, -0.05) is 42.0 Å². The summed E-state index contributed by atoms with van der Waals surface area (Å²) in [5, 5.41) is 16.8. The summed E-state index contributed by atoms with van der Waals surface area (Å²) >= 11 is 0. The first-order valence-electron chi connectivity index (χ1n) is 11.9. The largest absolute Gasteiger partial charge is 0.508 e. The number of carbonyl (C=O) groups excluding carboxylic acids is 2. The number of fused-ring (bicyclic) bond motifs is 2. The van der Waals surface area contributed by atoms with Crippen LogP contribution in [0.4, 0.5) is 22.7 Å². The maximum atomic E-state index is 13.8. The van der Waals surface area contributed by atoms with Crippen molar-refractivity contribution in [2.75, 3.05) is 10.6 Å². The van der Waals surface area contributed by atoms with Crippen LogP contribution in [-0.4, -0.2) is 16.7 Å². The number of benzene rings is 4. The lowest BCUT2D eigenvalue weighted by atomic mass is 9.82. The quantitative estimate of drug-likeness (QED) is 0.239. The third-order valence-electron chi connectivity index (χ3n) is 6.79. The van der Waals surface area contributed by atoms with Crippen molar-refractivity contribution in [3.05, 3.63) is 111 Å². The molecule has 5 rings (SSSR count). The third kappa shape index (κ3) is 3.83. The number of phenolic OH excluding ortho intramolecular Hbond substituents is 1. The molecule has 0 unspecified atom stereocenters. The molecule has 0 radical (unpaired) electrons. The Morgan fingerprint density at radius 1 is 0.583 bits per heavy atom. The molecule has 0 heterocycles. The molecule has 0 atom stereocenters. The van der Waals surface area contributed by atoms with Crippen LogP contribution in [0.25, 0.3) is 0 Å². The van der Waals surface area contributed by atoms with Gasteiger partial charge in [0.05, 0.1) is 22.5 Å². The van der Waals surface area contributed by atoms with Crippen LogP contribution in [0.15, 0.2) is 60.7 Å². The van der Waals surface area contributed by atoms with E-state index in [9.17, 15) is 14.7 Å². The number of aryl methyl sites for hydroxylation is 5. The smallest absolute Gasteiger partial charge is 0.196 e. The van der Waals surface area contributed by atoms with Gasteiger partial charge in [0.2, 0.25) is 0 Å². The van der Waals surface area contributed by atoms with E-state index >= 15 is 0 Å². The van der Waals surface area contributed by atoms with E-state index in [1.54, 1.807) is 36.4 Å². The average Bonchev–Trinajstić information content (AvgIpc) is 2.82. The van der Waals surface area contributed by atoms with Crippen molar-refractivity contribution < 1.29 is 14.7 Å². The van der Waals surface area contributed by atoms with Crippen molar-refractivity contribution in [1.29, 1.82) is 0 Å². The average molecular weight is 477 g/mol. The fourth-order valence-corrected chi connectivity index (χ4v) is 5.22. The standard InChI is InChI=1S/C31H28N2O3/c1-16-12-17(2)28(18(3)13-16)32-24-10-11-25(33-29-19(4)14-21(34)15-20(29)5)27-26(24)30(35)22-8-6-7-9-23(22)31(27)36/h6-15,32-34H,1-5H3. The minimum atomic E-state index is -0.196. The summed E-state index contributed by atoms with van der Waals surface area (Å²) in [5.41, 5.74) is 9.34. The van der Waals surface area contributed by atoms with Gasteiger partial charge in [-0.15, -0.1) is 0 Å². The zero-order valence-corrected chi connectivity index (χ0v) is 21.0. The van der Waals surface area contributed by atoms with Crippen LogP contribution in [0.1, 0.15) is 59.7 Å². The van der Waals surface area contributed by atoms with Crippen molar-refractivity contribution >= 4 is 34.3 Å². The normalized spacial score (nSPS) is 12.2. The lowest BCUT2D eigenvalue weighted by Gasteiger charge is -2.25. The molecule has 0 saturated carbocycles. The van der Waals surface area contributed by atoms with E-state index in [0.29, 0.717) is 33.6 Å². The fraction of sp³-hybridized carbons (Fsp3) is 0.161. The second kappa shape index (κ2) is 8.68. The van der Waals surface area contributed by atoms with Crippen LogP contribution in [0.2, 0.25) is 0 Å². The van der Waals surface area contributed by atoms with Crippen LogP contribution in [0.5, 0.6) is 5.75 Å². The van der Waals surface area contributed by atoms with Gasteiger partial charge in [0.25, 0.3) is 0 Å². The van der Waals surface area contributed by atoms with E-state index in [0.717, 1.165) is 39.2 Å². The van der Waals surface area contributed by atoms with E-state index in [1.165, 1.54) is 0 Å². The van der Waals surface area contributed by atoms with Crippen molar-refractivity contribution in [3.63, 3.8) is 0 Å². The number of anilines is 4. The van der Waals surface area contributed by atoms with Gasteiger partial charge >= 0.3 is 0 Å². The van der Waals surface area contributed by atoms with Crippen molar-refractivity contribution in [1.82, 2.24) is 0 Å². The van der Waals surface area contributed by atoms with E-state index in [4.69, 9.17) is 0 Å². The van der Waals surface area contributed by atoms with Crippen LogP contribution in [0.3, 0.4) is 0 Å². The SMILES string of the molecule is Cc1cc(C)c(Nc2ccc(Nc3c(C)cc(O)cc3C)c3c2C(=O)c2ccccc2C3=O)c(C)c1. The summed E-state index contributed by atoms with van der Waals surface area (Å²) in [6.07, 6.45) is 0. The molecule has 0 aromatic heterocycles. The van der Waals surface area contributed by atoms with Gasteiger partial charge in [-0.2, -0.15) is 0 Å². The molecule has 3 N–H and O–H groups in total. The minimum Gasteiger partial charge on any atom is -0.508 e. The molecule has 4 aromatic carbocycles. The van der Waals surface area contributed by atoms with Gasteiger partial charge in [-0.25, -0.2) is 0 Å². The predicted octanol–water partition coefficient (Wildman–Crippen LogP) is 7.20. The molecule has 0 fully saturated rings. The Balaban J connectivity index is 1.71. The molecular formula is C31H28N2O3. The predicted molar refractivity (Wildman–Crippen MR) is 145 cm³/mol. The lowest BCUT2D eigenvalue weighted by Crippen LogP contribution is -2.23. The van der Waals surface area contributed by atoms with Crippen LogP contribution < -0.4 is 10.6 Å². The summed E-state index contributed by atoms with van der Waals surface area (Å²) in [6.45, 7) is 9.90. The van der Waals surface area contributed by atoms with E-state index in [-0.39, 0.29) is 17.3 Å². The van der Waals surface area contributed by atoms with Gasteiger partial charge in [-0.05, 0) is 81.1 Å². The third-order valence-corrected chi connectivity index (χ3v) is 6.79. The summed E-state index contributed by atoms with van der Waals surface area (Å²) < 4.78 is 0. The summed E-state index contributed by atoms with van der Waals surface area (Å²) in [6, 6.07) is 18.2. The Hall–Kier alpha value is -4.38. The first kappa shape index (κ1) is 23.4. The summed E-state index contributed by atoms with van der Waals surface area (Å²) in [7, 11) is 0. The topological polar surface area (TPSA) is 78.4 Å². The number of aromatic hydroxyl groups is 1. The van der Waals surface area contributed by atoms with Crippen LogP contribution >= 0.6 is 0 Å². The number of hydrogen-bond acceptors (Lipinski definition) is 5. The van der Waals surface area contributed by atoms with E-state index in [2.05, 4.69) is 29.7 Å². The second-order valence-corrected chi connectivity index (χ2v) is 9.59. The number of hydrogen-bond donors (Lipinski definition) is 3. The Kier molecular flexibility index (Phi) is 5.64. The highest BCUT2D eigenvalue weighted by atomic mass is 16.3. The fourth-order valence-electron chi connectivity index (χ4n) is 5.22. The minimum absolute atomic E-state index is 0.182. The highest BCUT2D eigenvalue weighted by Gasteiger charge is 2.34. The van der Waals surface area contributed by atoms with Gasteiger partial charge < -0.3 is 15.7 Å². The maximum absolute atomic E-state index is 13.8. The Morgan fingerprint density at radius 3 is 1.39 bits per heavy atom. The number of phenols is 1. The lowest BCUT2D eigenvalue weighted by molar-refractivity contribution is 0.0980. The monoisotopic (exact) mass is 476 g/mol. The van der Waals surface area contributed by atoms with Crippen molar-refractivity contribution in [3.8, 4) is 5.75 Å². The van der Waals surface area contributed by atoms with Crippen molar-refractivity contribution in [2.45, 2.75) is 34.6 Å². The molecule has 0 amide bonds. The molecule has 36 heavy (non-hydrogen) atoms. The van der Waals surface area contributed by atoms with Gasteiger partial charge in [-0.3, -0.25) is 9.59 Å². The van der Waals surface area contributed by atoms with Gasteiger partial charge in [0, 0.05) is 22.5 Å². The van der Waals surface area contributed by atoms with Gasteiger partial charge in [0.15, 0.2) is 11.6 Å². The number of carbonyl (C=O) groups is 2. The maximum Gasteiger partial charge on any atom is 0.196 e. The zero-order valence-electron chi connectivity index (χ0n) is 21.0. The number of rotatable bonds is 4. The van der Waals surface area contributed by atoms with Crippen molar-refractivity contribution in [2.24, 2.45) is 0 Å². The highest BCUT2D eigenvalue weighted by Crippen LogP contribution is 2.40. The molecule has 5 nitrogen and oxygen atoms in total. The molecular weight excluding hydrogens is 448 g/mol. The molecule has 5 heteroatoms. The Bertz CT molecular complexity index is 1420. The van der Waals surface area contributed by atoms with Gasteiger partial charge in [0.1, 0.15) is 5.75 Å². The number of ketones is 2. The molecule has 0 aliphatic heterocycles. The first-order chi connectivity index (χ1) is 17.2.